The Bertz CT molecular complexity index is 1390. The molecule has 7 nitrogen and oxygen atoms in total. The third-order valence-corrected chi connectivity index (χ3v) is 5.49. The van der Waals surface area contributed by atoms with Crippen LogP contribution in [0, 0.1) is 11.3 Å². The van der Waals surface area contributed by atoms with E-state index < -0.39 is 23.7 Å². The van der Waals surface area contributed by atoms with Gasteiger partial charge in [0.15, 0.2) is 0 Å². The second kappa shape index (κ2) is 7.53. The lowest BCUT2D eigenvalue weighted by Gasteiger charge is -2.26. The van der Waals surface area contributed by atoms with E-state index in [1.54, 1.807) is 23.6 Å². The highest BCUT2D eigenvalue weighted by Gasteiger charge is 2.30. The number of alkyl halides is 3. The molecule has 2 aromatic heterocycles. The van der Waals surface area contributed by atoms with E-state index in [1.165, 1.54) is 36.5 Å². The van der Waals surface area contributed by atoms with Gasteiger partial charge in [0, 0.05) is 7.05 Å². The summed E-state index contributed by atoms with van der Waals surface area (Å²) in [6.45, 7) is 1.70. The Kier molecular flexibility index (Phi) is 4.97. The molecule has 1 amide bonds. The van der Waals surface area contributed by atoms with Crippen LogP contribution in [0.3, 0.4) is 0 Å². The predicted octanol–water partition coefficient (Wildman–Crippen LogP) is 4.19. The van der Waals surface area contributed by atoms with Gasteiger partial charge in [-0.05, 0) is 36.8 Å². The first kappa shape index (κ1) is 21.1. The second-order valence-electron chi connectivity index (χ2n) is 7.36. The van der Waals surface area contributed by atoms with Crippen molar-refractivity contribution >= 4 is 28.3 Å². The van der Waals surface area contributed by atoms with Crippen molar-refractivity contribution in [1.29, 1.82) is 5.26 Å². The van der Waals surface area contributed by atoms with E-state index >= 15 is 0 Å². The molecule has 1 atom stereocenters. The van der Waals surface area contributed by atoms with Gasteiger partial charge in [0.2, 0.25) is 0 Å². The van der Waals surface area contributed by atoms with Crippen LogP contribution in [0.2, 0.25) is 0 Å². The van der Waals surface area contributed by atoms with Crippen molar-refractivity contribution in [2.24, 2.45) is 0 Å². The van der Waals surface area contributed by atoms with E-state index in [9.17, 15) is 23.2 Å². The molecule has 4 rings (SSSR count). The number of hydrogen-bond acceptors (Lipinski definition) is 5. The molecule has 0 aliphatic heterocycles. The van der Waals surface area contributed by atoms with Crippen LogP contribution in [0.15, 0.2) is 48.9 Å². The monoisotopic (exact) mass is 438 g/mol. The lowest BCUT2D eigenvalue weighted by molar-refractivity contribution is -0.137. The number of rotatable bonds is 3. The topological polar surface area (TPSA) is 100 Å². The molecule has 2 heterocycles. The van der Waals surface area contributed by atoms with Crippen LogP contribution in [0.4, 0.5) is 19.0 Å². The number of aromatic nitrogens is 3. The maximum atomic E-state index is 13.3. The minimum absolute atomic E-state index is 0.111. The maximum Gasteiger partial charge on any atom is 0.416 e. The van der Waals surface area contributed by atoms with Gasteiger partial charge in [-0.2, -0.15) is 18.4 Å². The molecule has 0 aliphatic carbocycles. The van der Waals surface area contributed by atoms with E-state index in [2.05, 4.69) is 9.97 Å². The average molecular weight is 438 g/mol. The molecule has 10 heteroatoms. The third-order valence-electron chi connectivity index (χ3n) is 5.49. The summed E-state index contributed by atoms with van der Waals surface area (Å²) in [5, 5.41) is 9.61. The molecule has 32 heavy (non-hydrogen) atoms. The normalized spacial score (nSPS) is 12.6. The van der Waals surface area contributed by atoms with Crippen LogP contribution >= 0.6 is 0 Å². The highest BCUT2D eigenvalue weighted by Crippen LogP contribution is 2.31. The van der Waals surface area contributed by atoms with Gasteiger partial charge in [-0.25, -0.2) is 9.97 Å². The molecule has 0 spiro atoms. The number of nitrogen functional groups attached to an aromatic ring is 1. The van der Waals surface area contributed by atoms with Gasteiger partial charge in [0.1, 0.15) is 17.4 Å². The first-order chi connectivity index (χ1) is 15.1. The number of fused-ring (bicyclic) bond motifs is 3. The molecule has 2 N–H and O–H groups in total. The van der Waals surface area contributed by atoms with Crippen molar-refractivity contribution in [2.45, 2.75) is 19.1 Å². The summed E-state index contributed by atoms with van der Waals surface area (Å²) in [6, 6.07) is 9.14. The van der Waals surface area contributed by atoms with Crippen molar-refractivity contribution in [3.63, 3.8) is 0 Å². The van der Waals surface area contributed by atoms with Gasteiger partial charge in [-0.3, -0.25) is 9.20 Å². The molecule has 0 saturated carbocycles. The number of nitrogens with two attached hydrogens (primary N) is 1. The average Bonchev–Trinajstić information content (AvgIpc) is 3.27. The zero-order valence-corrected chi connectivity index (χ0v) is 17.1. The largest absolute Gasteiger partial charge is 0.416 e. The smallest absolute Gasteiger partial charge is 0.382 e. The van der Waals surface area contributed by atoms with E-state index in [1.807, 2.05) is 6.07 Å². The first-order valence-corrected chi connectivity index (χ1v) is 9.51. The summed E-state index contributed by atoms with van der Waals surface area (Å²) in [5.41, 5.74) is 7.50. The number of amides is 1. The predicted molar refractivity (Wildman–Crippen MR) is 112 cm³/mol. The van der Waals surface area contributed by atoms with E-state index in [0.29, 0.717) is 22.1 Å². The number of halogens is 3. The van der Waals surface area contributed by atoms with E-state index in [0.717, 1.165) is 12.1 Å². The molecule has 0 saturated heterocycles. The second-order valence-corrected chi connectivity index (χ2v) is 7.36. The lowest BCUT2D eigenvalue weighted by Crippen LogP contribution is -2.30. The Hall–Kier alpha value is -4.13. The summed E-state index contributed by atoms with van der Waals surface area (Å²) in [4.78, 5) is 23.0. The molecule has 162 valence electrons. The number of carbonyl (C=O) groups is 1. The van der Waals surface area contributed by atoms with Crippen LogP contribution in [0.25, 0.3) is 16.6 Å². The van der Waals surface area contributed by atoms with Gasteiger partial charge < -0.3 is 10.6 Å². The van der Waals surface area contributed by atoms with Crippen molar-refractivity contribution in [1.82, 2.24) is 19.3 Å². The highest BCUT2D eigenvalue weighted by molar-refractivity contribution is 6.00. The summed E-state index contributed by atoms with van der Waals surface area (Å²) in [5.74, 6) is -0.216. The van der Waals surface area contributed by atoms with Crippen molar-refractivity contribution < 1.29 is 18.0 Å². The number of nitrogens with zero attached hydrogens (tertiary/aromatic N) is 5. The number of nitriles is 1. The lowest BCUT2D eigenvalue weighted by atomic mass is 10.0. The Labute approximate surface area is 180 Å². The summed E-state index contributed by atoms with van der Waals surface area (Å²) < 4.78 is 40.2. The number of carbonyl (C=O) groups excluding carboxylic acids is 1. The summed E-state index contributed by atoms with van der Waals surface area (Å²) in [7, 11) is 1.53. The van der Waals surface area contributed by atoms with Crippen LogP contribution in [0.1, 0.15) is 40.0 Å². The molecule has 0 radical (unpaired) electrons. The SMILES string of the molecule is C[C@H](c1ccc(C(F)(F)F)cc1)N(C)C(=O)c1cc2c(cc1C#N)nc(N)c1cncn12. The molecule has 0 fully saturated rings. The maximum absolute atomic E-state index is 13.3. The van der Waals surface area contributed by atoms with Crippen LogP contribution < -0.4 is 5.73 Å². The highest BCUT2D eigenvalue weighted by atomic mass is 19.4. The minimum Gasteiger partial charge on any atom is -0.382 e. The number of hydrogen-bond donors (Lipinski definition) is 1. The number of imidazole rings is 1. The fourth-order valence-electron chi connectivity index (χ4n) is 3.53. The molecule has 0 bridgehead atoms. The Morgan fingerprint density at radius 1 is 1.22 bits per heavy atom. The van der Waals surface area contributed by atoms with Crippen LogP contribution in [-0.2, 0) is 6.18 Å². The first-order valence-electron chi connectivity index (χ1n) is 9.51. The molecule has 4 aromatic rings. The van der Waals surface area contributed by atoms with Gasteiger partial charge in [-0.1, -0.05) is 12.1 Å². The van der Waals surface area contributed by atoms with Crippen LogP contribution in [-0.4, -0.2) is 32.2 Å². The van der Waals surface area contributed by atoms with E-state index in [4.69, 9.17) is 5.73 Å². The Balaban J connectivity index is 1.73. The van der Waals surface area contributed by atoms with Gasteiger partial charge >= 0.3 is 6.18 Å². The molecule has 0 unspecified atom stereocenters. The quantitative estimate of drug-likeness (QED) is 0.517. The molecule has 0 aliphatic rings. The van der Waals surface area contributed by atoms with Crippen LogP contribution in [0.5, 0.6) is 0 Å². The number of benzene rings is 2. The van der Waals surface area contributed by atoms with Crippen molar-refractivity contribution in [2.75, 3.05) is 12.8 Å². The van der Waals surface area contributed by atoms with Crippen molar-refractivity contribution in [3.05, 3.63) is 71.2 Å². The van der Waals surface area contributed by atoms with Crippen molar-refractivity contribution in [3.8, 4) is 6.07 Å². The number of anilines is 1. The zero-order chi connectivity index (χ0) is 23.2. The third kappa shape index (κ3) is 3.47. The molecule has 2 aromatic carbocycles. The van der Waals surface area contributed by atoms with E-state index in [-0.39, 0.29) is 16.9 Å². The van der Waals surface area contributed by atoms with Gasteiger partial charge in [0.05, 0.1) is 46.3 Å². The standard InChI is InChI=1S/C22H17F3N6O/c1-12(13-3-5-15(6-4-13)22(23,24)25)30(2)21(32)16-8-18-17(7-14(16)9-26)29-20(27)19-10-28-11-31(18)19/h3-8,10-12H,1-2H3,(H2,27,29)/t12-/m1/s1. The summed E-state index contributed by atoms with van der Waals surface area (Å²) in [6.07, 6.45) is -1.36. The Morgan fingerprint density at radius 2 is 1.91 bits per heavy atom. The molecular weight excluding hydrogens is 421 g/mol. The fourth-order valence-corrected chi connectivity index (χ4v) is 3.53. The van der Waals surface area contributed by atoms with Gasteiger partial charge in [0.25, 0.3) is 5.91 Å². The fraction of sp³-hybridized carbons (Fsp3) is 0.182. The van der Waals surface area contributed by atoms with Gasteiger partial charge in [-0.15, -0.1) is 0 Å². The Morgan fingerprint density at radius 3 is 2.53 bits per heavy atom. The zero-order valence-electron chi connectivity index (χ0n) is 17.1. The molecular formula is C22H17F3N6O. The minimum atomic E-state index is -4.44. The summed E-state index contributed by atoms with van der Waals surface area (Å²) >= 11 is 0.